The molecule has 0 bridgehead atoms. The Morgan fingerprint density at radius 3 is 2.90 bits per heavy atom. The van der Waals surface area contributed by atoms with E-state index in [1.165, 1.54) is 0 Å². The second-order valence-corrected chi connectivity index (χ2v) is 5.52. The van der Waals surface area contributed by atoms with Gasteiger partial charge in [-0.25, -0.2) is 0 Å². The lowest BCUT2D eigenvalue weighted by Gasteiger charge is -2.10. The lowest BCUT2D eigenvalue weighted by Crippen LogP contribution is -2.08. The van der Waals surface area contributed by atoms with Crippen molar-refractivity contribution >= 4 is 33.2 Å². The van der Waals surface area contributed by atoms with E-state index in [2.05, 4.69) is 32.4 Å². The molecule has 2 rings (SSSR count). The summed E-state index contributed by atoms with van der Waals surface area (Å²) in [5.74, 6) is 0. The Morgan fingerprint density at radius 1 is 1.50 bits per heavy atom. The zero-order valence-electron chi connectivity index (χ0n) is 11.2. The van der Waals surface area contributed by atoms with Gasteiger partial charge in [0, 0.05) is 6.54 Å². The molecule has 104 valence electrons. The molecule has 1 aromatic heterocycles. The molecule has 0 aliphatic heterocycles. The van der Waals surface area contributed by atoms with E-state index in [1.54, 1.807) is 18.2 Å². The first-order valence-electron chi connectivity index (χ1n) is 6.22. The number of anilines is 1. The van der Waals surface area contributed by atoms with E-state index in [1.807, 2.05) is 18.5 Å². The van der Waals surface area contributed by atoms with Crippen LogP contribution in [0.3, 0.4) is 0 Å². The Bertz CT molecular complexity index is 673. The van der Waals surface area contributed by atoms with E-state index in [4.69, 9.17) is 16.9 Å². The van der Waals surface area contributed by atoms with Gasteiger partial charge in [-0.05, 0) is 48.0 Å². The Kier molecular flexibility index (Phi) is 4.69. The molecule has 20 heavy (non-hydrogen) atoms. The summed E-state index contributed by atoms with van der Waals surface area (Å²) in [6.07, 6.45) is 0. The molecule has 6 heteroatoms. The number of nitrogens with zero attached hydrogens (tertiary/aromatic N) is 3. The van der Waals surface area contributed by atoms with Gasteiger partial charge in [-0.2, -0.15) is 10.4 Å². The second kappa shape index (κ2) is 6.29. The Labute approximate surface area is 131 Å². The molecular formula is C14H14BrClN4. The van der Waals surface area contributed by atoms with Crippen LogP contribution in [0.4, 0.5) is 5.69 Å². The first kappa shape index (κ1) is 14.9. The maximum Gasteiger partial charge on any atom is 0.0992 e. The maximum absolute atomic E-state index is 8.93. The summed E-state index contributed by atoms with van der Waals surface area (Å²) >= 11 is 9.69. The van der Waals surface area contributed by atoms with Crippen molar-refractivity contribution in [2.24, 2.45) is 0 Å². The summed E-state index contributed by atoms with van der Waals surface area (Å²) in [5, 5.41) is 17.2. The fraction of sp³-hybridized carbons (Fsp3) is 0.286. The van der Waals surface area contributed by atoms with Gasteiger partial charge in [0.15, 0.2) is 0 Å². The molecule has 0 atom stereocenters. The summed E-state index contributed by atoms with van der Waals surface area (Å²) in [6, 6.07) is 7.27. The number of aryl methyl sites for hydroxylation is 2. The minimum atomic E-state index is 0.580. The van der Waals surface area contributed by atoms with Crippen LogP contribution in [0, 0.1) is 18.3 Å². The second-order valence-electron chi connectivity index (χ2n) is 4.32. The van der Waals surface area contributed by atoms with Gasteiger partial charge in [-0.3, -0.25) is 4.68 Å². The van der Waals surface area contributed by atoms with E-state index in [-0.39, 0.29) is 0 Å². The van der Waals surface area contributed by atoms with E-state index in [9.17, 15) is 0 Å². The number of nitrogens with one attached hydrogen (secondary N) is 1. The summed E-state index contributed by atoms with van der Waals surface area (Å²) in [6.45, 7) is 5.40. The van der Waals surface area contributed by atoms with Crippen molar-refractivity contribution in [1.29, 1.82) is 5.26 Å². The van der Waals surface area contributed by atoms with Gasteiger partial charge in [0.2, 0.25) is 0 Å². The SMILES string of the molecule is CCn1nc(C)c(Br)c1CNc1cc(C#N)ccc1Cl. The highest BCUT2D eigenvalue weighted by Gasteiger charge is 2.12. The zero-order chi connectivity index (χ0) is 14.7. The zero-order valence-corrected chi connectivity index (χ0v) is 13.6. The number of hydrogen-bond donors (Lipinski definition) is 1. The summed E-state index contributed by atoms with van der Waals surface area (Å²) < 4.78 is 2.94. The van der Waals surface area contributed by atoms with Crippen LogP contribution in [0.1, 0.15) is 23.9 Å². The van der Waals surface area contributed by atoms with Crippen LogP contribution in [-0.2, 0) is 13.1 Å². The standard InChI is InChI=1S/C14H14BrClN4/c1-3-20-13(14(15)9(2)19-20)8-18-12-6-10(7-17)4-5-11(12)16/h4-6,18H,3,8H2,1-2H3. The largest absolute Gasteiger partial charge is 0.378 e. The molecule has 1 heterocycles. The number of benzene rings is 1. The first-order valence-corrected chi connectivity index (χ1v) is 7.39. The van der Waals surface area contributed by atoms with Gasteiger partial charge in [-0.1, -0.05) is 11.6 Å². The van der Waals surface area contributed by atoms with Crippen molar-refractivity contribution in [2.45, 2.75) is 26.9 Å². The third-order valence-electron chi connectivity index (χ3n) is 2.99. The molecule has 1 aromatic carbocycles. The number of hydrogen-bond acceptors (Lipinski definition) is 3. The molecule has 2 aromatic rings. The lowest BCUT2D eigenvalue weighted by atomic mass is 10.2. The predicted molar refractivity (Wildman–Crippen MR) is 83.8 cm³/mol. The van der Waals surface area contributed by atoms with Gasteiger partial charge in [0.05, 0.1) is 44.7 Å². The molecule has 0 aliphatic carbocycles. The van der Waals surface area contributed by atoms with Crippen LogP contribution in [0.25, 0.3) is 0 Å². The fourth-order valence-corrected chi connectivity index (χ4v) is 2.56. The number of halogens is 2. The predicted octanol–water partition coefficient (Wildman–Crippen LogP) is 4.11. The smallest absolute Gasteiger partial charge is 0.0992 e. The van der Waals surface area contributed by atoms with Gasteiger partial charge in [0.25, 0.3) is 0 Å². The monoisotopic (exact) mass is 352 g/mol. The third-order valence-corrected chi connectivity index (χ3v) is 4.36. The number of nitriles is 1. The molecule has 0 unspecified atom stereocenters. The Morgan fingerprint density at radius 2 is 2.25 bits per heavy atom. The van der Waals surface area contributed by atoms with Gasteiger partial charge >= 0.3 is 0 Å². The molecule has 0 saturated carbocycles. The molecule has 0 aliphatic rings. The topological polar surface area (TPSA) is 53.6 Å². The van der Waals surface area contributed by atoms with Crippen molar-refractivity contribution in [3.8, 4) is 6.07 Å². The van der Waals surface area contributed by atoms with Crippen molar-refractivity contribution in [3.05, 3.63) is 44.6 Å². The molecular weight excluding hydrogens is 340 g/mol. The molecule has 0 radical (unpaired) electrons. The van der Waals surface area contributed by atoms with Gasteiger partial charge in [0.1, 0.15) is 0 Å². The highest BCUT2D eigenvalue weighted by molar-refractivity contribution is 9.10. The fourth-order valence-electron chi connectivity index (χ4n) is 1.95. The van der Waals surface area contributed by atoms with Crippen molar-refractivity contribution in [1.82, 2.24) is 9.78 Å². The van der Waals surface area contributed by atoms with Crippen molar-refractivity contribution < 1.29 is 0 Å². The lowest BCUT2D eigenvalue weighted by molar-refractivity contribution is 0.622. The van der Waals surface area contributed by atoms with Crippen LogP contribution in [0.5, 0.6) is 0 Å². The summed E-state index contributed by atoms with van der Waals surface area (Å²) in [4.78, 5) is 0. The average molecular weight is 354 g/mol. The van der Waals surface area contributed by atoms with E-state index >= 15 is 0 Å². The third kappa shape index (κ3) is 2.97. The van der Waals surface area contributed by atoms with Crippen molar-refractivity contribution in [2.75, 3.05) is 5.32 Å². The van der Waals surface area contributed by atoms with Crippen LogP contribution in [0.15, 0.2) is 22.7 Å². The molecule has 1 N–H and O–H groups in total. The van der Waals surface area contributed by atoms with Crippen LogP contribution < -0.4 is 5.32 Å². The van der Waals surface area contributed by atoms with E-state index in [0.29, 0.717) is 17.1 Å². The summed E-state index contributed by atoms with van der Waals surface area (Å²) in [5.41, 5.74) is 3.35. The molecule has 4 nitrogen and oxygen atoms in total. The van der Waals surface area contributed by atoms with Crippen molar-refractivity contribution in [3.63, 3.8) is 0 Å². The molecule has 0 saturated heterocycles. The van der Waals surface area contributed by atoms with Gasteiger partial charge in [-0.15, -0.1) is 0 Å². The normalized spacial score (nSPS) is 10.3. The van der Waals surface area contributed by atoms with Crippen LogP contribution in [-0.4, -0.2) is 9.78 Å². The van der Waals surface area contributed by atoms with E-state index in [0.717, 1.165) is 28.1 Å². The van der Waals surface area contributed by atoms with E-state index < -0.39 is 0 Å². The first-order chi connectivity index (χ1) is 9.56. The minimum absolute atomic E-state index is 0.580. The molecule has 0 fully saturated rings. The number of rotatable bonds is 4. The molecule has 0 amide bonds. The van der Waals surface area contributed by atoms with Crippen LogP contribution in [0.2, 0.25) is 5.02 Å². The Balaban J connectivity index is 2.23. The average Bonchev–Trinajstić information content (AvgIpc) is 2.73. The highest BCUT2D eigenvalue weighted by atomic mass is 79.9. The summed E-state index contributed by atoms with van der Waals surface area (Å²) in [7, 11) is 0. The molecule has 0 spiro atoms. The number of aromatic nitrogens is 2. The quantitative estimate of drug-likeness (QED) is 0.900. The maximum atomic E-state index is 8.93. The van der Waals surface area contributed by atoms with Crippen LogP contribution >= 0.6 is 27.5 Å². The Hall–Kier alpha value is -1.51. The highest BCUT2D eigenvalue weighted by Crippen LogP contribution is 2.26. The minimum Gasteiger partial charge on any atom is -0.378 e. The van der Waals surface area contributed by atoms with Gasteiger partial charge < -0.3 is 5.32 Å².